The molecule has 0 aliphatic carbocycles. The molecule has 6 aromatic rings. The van der Waals surface area contributed by atoms with Gasteiger partial charge in [-0.2, -0.15) is 0 Å². The highest BCUT2D eigenvalue weighted by Crippen LogP contribution is 2.36. The molecule has 0 atom stereocenters. The zero-order chi connectivity index (χ0) is 19.2. The van der Waals surface area contributed by atoms with Gasteiger partial charge in [-0.25, -0.2) is 0 Å². The minimum atomic E-state index is 1.28. The van der Waals surface area contributed by atoms with Crippen molar-refractivity contribution >= 4 is 43.1 Å². The van der Waals surface area contributed by atoms with Crippen LogP contribution >= 0.6 is 0 Å². The van der Waals surface area contributed by atoms with E-state index < -0.39 is 0 Å². The molecule has 0 nitrogen and oxygen atoms in total. The highest BCUT2D eigenvalue weighted by atomic mass is 14.2. The Hall–Kier alpha value is -3.64. The van der Waals surface area contributed by atoms with Crippen molar-refractivity contribution in [2.24, 2.45) is 0 Å². The topological polar surface area (TPSA) is 0 Å². The predicted octanol–water partition coefficient (Wildman–Crippen LogP) is 7.90. The van der Waals surface area contributed by atoms with E-state index in [1.165, 1.54) is 54.2 Å². The second-order valence-electron chi connectivity index (χ2n) is 7.61. The van der Waals surface area contributed by atoms with Crippen LogP contribution in [0.2, 0.25) is 0 Å². The molecular weight excluding hydrogens is 348 g/mol. The Labute approximate surface area is 170 Å². The normalized spacial score (nSPS) is 11.6. The smallest absolute Gasteiger partial charge is 0.0224 e. The van der Waals surface area contributed by atoms with Crippen LogP contribution in [0.25, 0.3) is 43.1 Å². The first-order chi connectivity index (χ1) is 14.4. The number of hydrogen-bond acceptors (Lipinski definition) is 0. The van der Waals surface area contributed by atoms with E-state index in [1.807, 2.05) is 0 Å². The lowest BCUT2D eigenvalue weighted by Gasteiger charge is -2.15. The van der Waals surface area contributed by atoms with E-state index in [-0.39, 0.29) is 0 Å². The molecule has 0 aliphatic heterocycles. The van der Waals surface area contributed by atoms with E-state index in [9.17, 15) is 0 Å². The highest BCUT2D eigenvalue weighted by molar-refractivity contribution is 6.08. The average molecular weight is 367 g/mol. The van der Waals surface area contributed by atoms with Crippen molar-refractivity contribution in [3.05, 3.63) is 127 Å². The minimum absolute atomic E-state index is 1.28. The fourth-order valence-corrected chi connectivity index (χ4v) is 4.55. The first-order valence-corrected chi connectivity index (χ1v) is 10.0. The molecule has 0 aliphatic rings. The van der Waals surface area contributed by atoms with Gasteiger partial charge in [-0.1, -0.05) is 97.1 Å². The lowest BCUT2D eigenvalue weighted by atomic mass is 9.88. The van der Waals surface area contributed by atoms with Crippen LogP contribution in [0.1, 0.15) is 11.1 Å². The molecule has 0 saturated heterocycles. The second-order valence-corrected chi connectivity index (χ2v) is 7.61. The lowest BCUT2D eigenvalue weighted by molar-refractivity contribution is 1.56. The van der Waals surface area contributed by atoms with E-state index in [0.29, 0.717) is 0 Å². The molecule has 1 radical (unpaired) electrons. The SMILES string of the molecule is [CH](c1c2ccccc2cc2ccccc12)c1c2ccccc2cc2ccccc12. The van der Waals surface area contributed by atoms with Gasteiger partial charge >= 0.3 is 0 Å². The van der Waals surface area contributed by atoms with Gasteiger partial charge in [0.15, 0.2) is 0 Å². The summed E-state index contributed by atoms with van der Waals surface area (Å²) < 4.78 is 0. The fraction of sp³-hybridized carbons (Fsp3) is 0. The molecule has 0 unspecified atom stereocenters. The molecule has 0 amide bonds. The van der Waals surface area contributed by atoms with Crippen molar-refractivity contribution in [1.82, 2.24) is 0 Å². The first kappa shape index (κ1) is 16.3. The number of fused-ring (bicyclic) bond motifs is 4. The molecule has 0 saturated carbocycles. The molecular formula is C29H19. The van der Waals surface area contributed by atoms with E-state index in [0.717, 1.165) is 0 Å². The molecule has 0 fully saturated rings. The van der Waals surface area contributed by atoms with Crippen LogP contribution in [0, 0.1) is 6.42 Å². The van der Waals surface area contributed by atoms with Crippen LogP contribution in [-0.4, -0.2) is 0 Å². The monoisotopic (exact) mass is 367 g/mol. The minimum Gasteiger partial charge on any atom is -0.0616 e. The molecule has 0 spiro atoms. The molecule has 0 heteroatoms. The van der Waals surface area contributed by atoms with Crippen LogP contribution in [0.3, 0.4) is 0 Å². The summed E-state index contributed by atoms with van der Waals surface area (Å²) in [6.07, 6.45) is 2.40. The van der Waals surface area contributed by atoms with Gasteiger partial charge in [-0.05, 0) is 66.3 Å². The number of hydrogen-bond donors (Lipinski definition) is 0. The van der Waals surface area contributed by atoms with Crippen LogP contribution in [0.5, 0.6) is 0 Å². The van der Waals surface area contributed by atoms with Crippen molar-refractivity contribution in [3.63, 3.8) is 0 Å². The summed E-state index contributed by atoms with van der Waals surface area (Å²) in [5.41, 5.74) is 2.58. The van der Waals surface area contributed by atoms with E-state index in [1.54, 1.807) is 0 Å². The van der Waals surface area contributed by atoms with E-state index in [2.05, 4.69) is 116 Å². The fourth-order valence-electron chi connectivity index (χ4n) is 4.55. The Morgan fingerprint density at radius 2 is 0.621 bits per heavy atom. The maximum atomic E-state index is 2.40. The van der Waals surface area contributed by atoms with Crippen molar-refractivity contribution in [2.75, 3.05) is 0 Å². The molecule has 29 heavy (non-hydrogen) atoms. The Balaban J connectivity index is 1.73. The van der Waals surface area contributed by atoms with E-state index >= 15 is 0 Å². The zero-order valence-electron chi connectivity index (χ0n) is 16.0. The zero-order valence-corrected chi connectivity index (χ0v) is 16.0. The molecule has 0 bridgehead atoms. The Kier molecular flexibility index (Phi) is 3.64. The summed E-state index contributed by atoms with van der Waals surface area (Å²) in [6, 6.07) is 39.4. The van der Waals surface area contributed by atoms with Gasteiger partial charge in [0, 0.05) is 6.42 Å². The molecule has 0 heterocycles. The van der Waals surface area contributed by atoms with Crippen LogP contribution in [0.15, 0.2) is 109 Å². The third-order valence-corrected chi connectivity index (χ3v) is 5.91. The molecule has 0 N–H and O–H groups in total. The Bertz CT molecular complexity index is 1300. The summed E-state index contributed by atoms with van der Waals surface area (Å²) in [5, 5.41) is 10.3. The van der Waals surface area contributed by atoms with Gasteiger partial charge in [-0.3, -0.25) is 0 Å². The third-order valence-electron chi connectivity index (χ3n) is 5.91. The molecule has 6 rings (SSSR count). The number of benzene rings is 6. The van der Waals surface area contributed by atoms with Crippen molar-refractivity contribution in [1.29, 1.82) is 0 Å². The predicted molar refractivity (Wildman–Crippen MR) is 125 cm³/mol. The van der Waals surface area contributed by atoms with Crippen molar-refractivity contribution < 1.29 is 0 Å². The standard InChI is InChI=1S/C29H19/c1-5-13-24-20(9-1)17-21-10-2-6-14-25(21)28(24)19-29-26-15-7-3-11-22(26)18-23-12-4-8-16-27(23)29/h1-19H. The quantitative estimate of drug-likeness (QED) is 0.273. The largest absolute Gasteiger partial charge is 0.0616 e. The van der Waals surface area contributed by atoms with Crippen molar-refractivity contribution in [2.45, 2.75) is 0 Å². The van der Waals surface area contributed by atoms with Gasteiger partial charge in [0.05, 0.1) is 0 Å². The lowest BCUT2D eigenvalue weighted by Crippen LogP contribution is -1.93. The first-order valence-electron chi connectivity index (χ1n) is 10.0. The van der Waals surface area contributed by atoms with Gasteiger partial charge in [0.2, 0.25) is 0 Å². The highest BCUT2D eigenvalue weighted by Gasteiger charge is 2.13. The average Bonchev–Trinajstić information content (AvgIpc) is 2.78. The van der Waals surface area contributed by atoms with Crippen LogP contribution < -0.4 is 0 Å². The van der Waals surface area contributed by atoms with Gasteiger partial charge in [-0.15, -0.1) is 0 Å². The molecule has 135 valence electrons. The van der Waals surface area contributed by atoms with Crippen LogP contribution in [-0.2, 0) is 0 Å². The summed E-state index contributed by atoms with van der Waals surface area (Å²) in [4.78, 5) is 0. The summed E-state index contributed by atoms with van der Waals surface area (Å²) in [5.74, 6) is 0. The summed E-state index contributed by atoms with van der Waals surface area (Å²) in [6.45, 7) is 0. The van der Waals surface area contributed by atoms with Gasteiger partial charge in [0.25, 0.3) is 0 Å². The maximum Gasteiger partial charge on any atom is 0.0224 e. The molecule has 0 aromatic heterocycles. The molecule has 6 aromatic carbocycles. The van der Waals surface area contributed by atoms with Crippen LogP contribution in [0.4, 0.5) is 0 Å². The van der Waals surface area contributed by atoms with Crippen molar-refractivity contribution in [3.8, 4) is 0 Å². The van der Waals surface area contributed by atoms with Gasteiger partial charge < -0.3 is 0 Å². The summed E-state index contributed by atoms with van der Waals surface area (Å²) >= 11 is 0. The second kappa shape index (κ2) is 6.46. The van der Waals surface area contributed by atoms with E-state index in [4.69, 9.17) is 0 Å². The number of rotatable bonds is 2. The van der Waals surface area contributed by atoms with Gasteiger partial charge in [0.1, 0.15) is 0 Å². The third kappa shape index (κ3) is 2.61. The summed E-state index contributed by atoms with van der Waals surface area (Å²) in [7, 11) is 0. The Morgan fingerprint density at radius 1 is 0.345 bits per heavy atom. The Morgan fingerprint density at radius 3 is 0.931 bits per heavy atom. The maximum absolute atomic E-state index is 2.40.